The van der Waals surface area contributed by atoms with Gasteiger partial charge in [0.25, 0.3) is 0 Å². The van der Waals surface area contributed by atoms with E-state index in [1.165, 1.54) is 0 Å². The molecule has 0 radical (unpaired) electrons. The van der Waals surface area contributed by atoms with Gasteiger partial charge in [0.15, 0.2) is 0 Å². The summed E-state index contributed by atoms with van der Waals surface area (Å²) in [4.78, 5) is 22.7. The molecular weight excluding hydrogens is 165 g/mol. The van der Waals surface area contributed by atoms with Crippen molar-refractivity contribution in [2.45, 2.75) is 0 Å². The van der Waals surface area contributed by atoms with Crippen molar-refractivity contribution in [3.05, 3.63) is 0 Å². The largest absolute Gasteiger partial charge is 1.00 e. The van der Waals surface area contributed by atoms with Crippen LogP contribution in [0.3, 0.4) is 0 Å². The predicted molar refractivity (Wildman–Crippen MR) is 22.4 cm³/mol. The Labute approximate surface area is 87.5 Å². The summed E-state index contributed by atoms with van der Waals surface area (Å²) in [5.74, 6) is 0. The van der Waals surface area contributed by atoms with Gasteiger partial charge in [-0.3, -0.25) is 4.11 Å². The Bertz CT molecular complexity index is 30.4. The van der Waals surface area contributed by atoms with Crippen LogP contribution in [0.2, 0.25) is 0 Å². The van der Waals surface area contributed by atoms with Crippen LogP contribution >= 0.6 is 9.90 Å². The van der Waals surface area contributed by atoms with Crippen molar-refractivity contribution >= 4 is 19.0 Å². The standard InChI is InChI=1S/FH2O3Si.K.H3P/c1-5(2,3)4;;/h2-3H;;1H3/q-1;+1;. The van der Waals surface area contributed by atoms with Gasteiger partial charge in [-0.2, -0.15) is 9.90 Å². The van der Waals surface area contributed by atoms with E-state index in [9.17, 15) is 4.11 Å². The first-order chi connectivity index (χ1) is 2.00. The Morgan fingerprint density at radius 1 is 1.43 bits per heavy atom. The number of hydrogen-bond acceptors (Lipinski definition) is 3. The minimum Gasteiger partial charge on any atom is -0.790 e. The van der Waals surface area contributed by atoms with Gasteiger partial charge in [0, 0.05) is 0 Å². The Balaban J connectivity index is -0.0000000800. The molecule has 0 amide bonds. The maximum absolute atomic E-state index is 10.4. The monoisotopic (exact) mass is 170 g/mol. The van der Waals surface area contributed by atoms with E-state index in [1.807, 2.05) is 0 Å². The zero-order valence-corrected chi connectivity index (χ0v) is 9.43. The first kappa shape index (κ1) is 16.0. The van der Waals surface area contributed by atoms with E-state index in [2.05, 4.69) is 0 Å². The van der Waals surface area contributed by atoms with E-state index < -0.39 is 9.14 Å². The Kier molecular flexibility index (Phi) is 14.2. The van der Waals surface area contributed by atoms with Crippen LogP contribution in [0, 0.1) is 0 Å². The molecule has 1 atom stereocenters. The molecule has 0 rings (SSSR count). The summed E-state index contributed by atoms with van der Waals surface area (Å²) in [6, 6.07) is 0. The van der Waals surface area contributed by atoms with Gasteiger partial charge in [0.2, 0.25) is 0 Å². The first-order valence-electron chi connectivity index (χ1n) is 0.840. The molecule has 0 fully saturated rings. The summed E-state index contributed by atoms with van der Waals surface area (Å²) in [5, 5.41) is 0. The van der Waals surface area contributed by atoms with Crippen LogP contribution < -0.4 is 56.2 Å². The van der Waals surface area contributed by atoms with Crippen LogP contribution in [0.5, 0.6) is 0 Å². The number of hydrogen-bond donors (Lipinski definition) is 2. The second-order valence-corrected chi connectivity index (χ2v) is 1.59. The third-order valence-corrected chi connectivity index (χ3v) is 0. The molecule has 3 nitrogen and oxygen atoms in total. The van der Waals surface area contributed by atoms with Crippen LogP contribution in [-0.4, -0.2) is 18.7 Å². The van der Waals surface area contributed by atoms with Crippen LogP contribution in [0.25, 0.3) is 0 Å². The Morgan fingerprint density at radius 2 is 1.43 bits per heavy atom. The van der Waals surface area contributed by atoms with E-state index in [0.717, 1.165) is 0 Å². The van der Waals surface area contributed by atoms with Crippen LogP contribution in [-0.2, 0) is 0 Å². The topological polar surface area (TPSA) is 63.5 Å². The van der Waals surface area contributed by atoms with E-state index in [0.29, 0.717) is 0 Å². The van der Waals surface area contributed by atoms with Crippen molar-refractivity contribution in [3.63, 3.8) is 0 Å². The maximum Gasteiger partial charge on any atom is 1.00 e. The van der Waals surface area contributed by atoms with Gasteiger partial charge in [0.1, 0.15) is 0 Å². The van der Waals surface area contributed by atoms with E-state index in [1.54, 1.807) is 0 Å². The molecule has 0 heterocycles. The average Bonchev–Trinajstić information content (AvgIpc) is 0.722. The van der Waals surface area contributed by atoms with E-state index in [-0.39, 0.29) is 61.3 Å². The Hall–Kier alpha value is 2.09. The van der Waals surface area contributed by atoms with Gasteiger partial charge in [-0.1, -0.05) is 0 Å². The summed E-state index contributed by atoms with van der Waals surface area (Å²) in [6.07, 6.45) is 0. The molecule has 0 aliphatic carbocycles. The van der Waals surface area contributed by atoms with Crippen molar-refractivity contribution in [2.75, 3.05) is 0 Å². The summed E-state index contributed by atoms with van der Waals surface area (Å²) in [6.45, 7) is 0. The summed E-state index contributed by atoms with van der Waals surface area (Å²) < 4.78 is 10.4. The van der Waals surface area contributed by atoms with Crippen LogP contribution in [0.1, 0.15) is 0 Å². The van der Waals surface area contributed by atoms with Gasteiger partial charge in [0.05, 0.1) is 0 Å². The van der Waals surface area contributed by atoms with E-state index in [4.69, 9.17) is 14.4 Å². The van der Waals surface area contributed by atoms with Crippen molar-refractivity contribution in [2.24, 2.45) is 0 Å². The molecule has 0 spiro atoms. The van der Waals surface area contributed by atoms with Crippen molar-refractivity contribution in [1.29, 1.82) is 0 Å². The predicted octanol–water partition coefficient (Wildman–Crippen LogP) is -5.20. The zero-order valence-electron chi connectivity index (χ0n) is 3.89. The molecule has 0 aromatic carbocycles. The molecule has 0 aliphatic rings. The molecule has 0 saturated carbocycles. The number of rotatable bonds is 0. The van der Waals surface area contributed by atoms with Gasteiger partial charge in [-0.05, 0) is 0 Å². The van der Waals surface area contributed by atoms with Crippen LogP contribution in [0.4, 0.5) is 4.11 Å². The molecule has 0 bridgehead atoms. The molecule has 40 valence electrons. The van der Waals surface area contributed by atoms with Crippen LogP contribution in [0.15, 0.2) is 0 Å². The molecular formula is H5FKO3PSi. The second-order valence-electron chi connectivity index (χ2n) is 0.529. The quantitative estimate of drug-likeness (QED) is 0.217. The fraction of sp³-hybridized carbons (Fsp3) is 0. The van der Waals surface area contributed by atoms with Crippen molar-refractivity contribution < 1.29 is 69.9 Å². The van der Waals surface area contributed by atoms with Gasteiger partial charge in [-0.15, -0.1) is 0 Å². The minimum absolute atomic E-state index is 0. The smallest absolute Gasteiger partial charge is 0.790 e. The normalized spacial score (nSPS) is 8.57. The molecule has 0 aromatic rings. The SMILES string of the molecule is P.[K+].[O-][Si](O)(O)F. The van der Waals surface area contributed by atoms with Gasteiger partial charge in [-0.25, -0.2) is 0 Å². The molecule has 7 heavy (non-hydrogen) atoms. The average molecular weight is 170 g/mol. The third kappa shape index (κ3) is 68.6. The Morgan fingerprint density at radius 3 is 1.43 bits per heavy atom. The third-order valence-electron chi connectivity index (χ3n) is 0. The van der Waals surface area contributed by atoms with Crippen molar-refractivity contribution in [1.82, 2.24) is 0 Å². The fourth-order valence-electron chi connectivity index (χ4n) is 0. The fourth-order valence-corrected chi connectivity index (χ4v) is 0. The maximum atomic E-state index is 10.4. The van der Waals surface area contributed by atoms with Gasteiger partial charge < -0.3 is 14.4 Å². The van der Waals surface area contributed by atoms with Crippen molar-refractivity contribution in [3.8, 4) is 0 Å². The van der Waals surface area contributed by atoms with E-state index >= 15 is 0 Å². The first-order valence-corrected chi connectivity index (χ1v) is 2.52. The van der Waals surface area contributed by atoms with Gasteiger partial charge >= 0.3 is 60.5 Å². The number of halogens is 1. The minimum atomic E-state index is -5.36. The molecule has 1 unspecified atom stereocenters. The summed E-state index contributed by atoms with van der Waals surface area (Å²) in [5.41, 5.74) is 0. The summed E-state index contributed by atoms with van der Waals surface area (Å²) >= 11 is 0. The second kappa shape index (κ2) is 6.22. The molecule has 0 aromatic heterocycles. The molecule has 0 aliphatic heterocycles. The molecule has 0 saturated heterocycles. The summed E-state index contributed by atoms with van der Waals surface area (Å²) in [7, 11) is -5.36. The molecule has 2 N–H and O–H groups in total. The molecule has 7 heteroatoms. The zero-order chi connectivity index (χ0) is 4.50.